The van der Waals surface area contributed by atoms with E-state index in [4.69, 9.17) is 4.74 Å². The summed E-state index contributed by atoms with van der Waals surface area (Å²) < 4.78 is 6.38. The van der Waals surface area contributed by atoms with Gasteiger partial charge in [0.2, 0.25) is 5.91 Å². The Kier molecular flexibility index (Phi) is 4.27. The van der Waals surface area contributed by atoms with Gasteiger partial charge < -0.3 is 10.1 Å². The Bertz CT molecular complexity index is 678. The normalized spacial score (nSPS) is 16.1. The Balaban J connectivity index is 1.94. The lowest BCUT2D eigenvalue weighted by molar-refractivity contribution is -0.122. The molecule has 1 fully saturated rings. The summed E-state index contributed by atoms with van der Waals surface area (Å²) >= 11 is 3.60. The van der Waals surface area contributed by atoms with Crippen LogP contribution in [0.2, 0.25) is 0 Å². The Morgan fingerprint density at radius 1 is 1.24 bits per heavy atom. The summed E-state index contributed by atoms with van der Waals surface area (Å²) in [4.78, 5) is 12.5. The van der Waals surface area contributed by atoms with Crippen LogP contribution in [0, 0.1) is 12.8 Å². The van der Waals surface area contributed by atoms with Crippen molar-refractivity contribution in [1.82, 2.24) is 0 Å². The molecule has 0 atom stereocenters. The first-order valence-corrected chi connectivity index (χ1v) is 8.02. The molecule has 1 amide bonds. The Morgan fingerprint density at radius 2 is 1.90 bits per heavy atom. The number of carbonyl (C=O) groups excluding carboxylic acids is 1. The molecule has 0 spiro atoms. The van der Waals surface area contributed by atoms with Crippen LogP contribution in [0.4, 0.5) is 5.69 Å². The van der Waals surface area contributed by atoms with Crippen LogP contribution < -0.4 is 5.32 Å². The fraction of sp³-hybridized carbons (Fsp3) is 0.353. The first-order chi connectivity index (χ1) is 10.2. The highest BCUT2D eigenvalue weighted by Gasteiger charge is 2.22. The molecular weight excluding hydrogens is 330 g/mol. The molecule has 1 N–H and O–H groups in total. The number of aryl methyl sites for hydroxylation is 1. The molecule has 2 aromatic carbocycles. The summed E-state index contributed by atoms with van der Waals surface area (Å²) in [5, 5.41) is 5.32. The zero-order valence-electron chi connectivity index (χ0n) is 12.0. The first-order valence-electron chi connectivity index (χ1n) is 7.23. The Morgan fingerprint density at radius 3 is 2.62 bits per heavy atom. The maximum absolute atomic E-state index is 12.5. The van der Waals surface area contributed by atoms with Crippen LogP contribution in [0.5, 0.6) is 0 Å². The van der Waals surface area contributed by atoms with E-state index in [0.717, 1.165) is 39.3 Å². The molecule has 0 unspecified atom stereocenters. The number of fused-ring (bicyclic) bond motifs is 1. The largest absolute Gasteiger partial charge is 0.381 e. The number of amides is 1. The lowest BCUT2D eigenvalue weighted by Gasteiger charge is -2.22. The van der Waals surface area contributed by atoms with Crippen molar-refractivity contribution in [3.63, 3.8) is 0 Å². The zero-order valence-corrected chi connectivity index (χ0v) is 13.6. The summed E-state index contributed by atoms with van der Waals surface area (Å²) in [5.74, 6) is 0.162. The van der Waals surface area contributed by atoms with Crippen molar-refractivity contribution in [2.45, 2.75) is 19.8 Å². The number of ether oxygens (including phenoxy) is 1. The summed E-state index contributed by atoms with van der Waals surface area (Å²) in [6.45, 7) is 3.38. The van der Waals surface area contributed by atoms with Crippen LogP contribution in [-0.2, 0) is 9.53 Å². The van der Waals surface area contributed by atoms with Gasteiger partial charge >= 0.3 is 0 Å². The zero-order chi connectivity index (χ0) is 14.8. The lowest BCUT2D eigenvalue weighted by Crippen LogP contribution is -2.28. The van der Waals surface area contributed by atoms with Crippen LogP contribution in [-0.4, -0.2) is 19.1 Å². The monoisotopic (exact) mass is 347 g/mol. The van der Waals surface area contributed by atoms with Gasteiger partial charge in [-0.1, -0.05) is 40.2 Å². The average molecular weight is 348 g/mol. The van der Waals surface area contributed by atoms with E-state index in [2.05, 4.69) is 33.4 Å². The van der Waals surface area contributed by atoms with Crippen LogP contribution in [0.15, 0.2) is 34.8 Å². The smallest absolute Gasteiger partial charge is 0.227 e. The van der Waals surface area contributed by atoms with Gasteiger partial charge in [0.15, 0.2) is 0 Å². The SMILES string of the molecule is Cc1cc(Br)c2ccccc2c1NC(=O)C1CCOCC1. The van der Waals surface area contributed by atoms with Gasteiger partial charge in [0.1, 0.15) is 0 Å². The summed E-state index contributed by atoms with van der Waals surface area (Å²) in [6.07, 6.45) is 1.61. The van der Waals surface area contributed by atoms with Gasteiger partial charge in [-0.3, -0.25) is 4.79 Å². The second-order valence-electron chi connectivity index (χ2n) is 5.47. The van der Waals surface area contributed by atoms with E-state index in [1.165, 1.54) is 0 Å². The number of hydrogen-bond acceptors (Lipinski definition) is 2. The minimum atomic E-state index is 0.0561. The van der Waals surface area contributed by atoms with E-state index in [-0.39, 0.29) is 11.8 Å². The molecule has 0 radical (unpaired) electrons. The third-order valence-electron chi connectivity index (χ3n) is 4.03. The number of carbonyl (C=O) groups is 1. The summed E-state index contributed by atoms with van der Waals surface area (Å²) in [7, 11) is 0. The van der Waals surface area contributed by atoms with E-state index >= 15 is 0 Å². The Hall–Kier alpha value is -1.39. The highest BCUT2D eigenvalue weighted by molar-refractivity contribution is 9.10. The molecule has 1 saturated heterocycles. The molecule has 2 aromatic rings. The van der Waals surface area contributed by atoms with Crippen LogP contribution in [0.3, 0.4) is 0 Å². The van der Waals surface area contributed by atoms with Gasteiger partial charge in [-0.05, 0) is 36.8 Å². The van der Waals surface area contributed by atoms with Crippen molar-refractivity contribution >= 4 is 38.3 Å². The number of rotatable bonds is 2. The summed E-state index contributed by atoms with van der Waals surface area (Å²) in [5.41, 5.74) is 1.99. The quantitative estimate of drug-likeness (QED) is 0.880. The highest BCUT2D eigenvalue weighted by Crippen LogP contribution is 2.33. The standard InChI is InChI=1S/C17H18BrNO2/c1-11-10-15(18)13-4-2-3-5-14(13)16(11)19-17(20)12-6-8-21-9-7-12/h2-5,10,12H,6-9H2,1H3,(H,19,20). The third kappa shape index (κ3) is 2.97. The molecule has 1 heterocycles. The van der Waals surface area contributed by atoms with Crippen molar-refractivity contribution in [3.05, 3.63) is 40.4 Å². The number of nitrogens with one attached hydrogen (secondary N) is 1. The van der Waals surface area contributed by atoms with Crippen molar-refractivity contribution in [2.75, 3.05) is 18.5 Å². The van der Waals surface area contributed by atoms with E-state index in [1.54, 1.807) is 0 Å². The third-order valence-corrected chi connectivity index (χ3v) is 4.69. The summed E-state index contributed by atoms with van der Waals surface area (Å²) in [6, 6.07) is 10.2. The molecule has 21 heavy (non-hydrogen) atoms. The average Bonchev–Trinajstić information content (AvgIpc) is 2.52. The van der Waals surface area contributed by atoms with Gasteiger partial charge in [-0.25, -0.2) is 0 Å². The molecule has 4 heteroatoms. The van der Waals surface area contributed by atoms with E-state index in [9.17, 15) is 4.79 Å². The van der Waals surface area contributed by atoms with Crippen molar-refractivity contribution in [3.8, 4) is 0 Å². The maximum Gasteiger partial charge on any atom is 0.227 e. The molecule has 1 aliphatic rings. The molecule has 3 rings (SSSR count). The number of hydrogen-bond donors (Lipinski definition) is 1. The molecular formula is C17H18BrNO2. The van der Waals surface area contributed by atoms with E-state index in [0.29, 0.717) is 13.2 Å². The Labute approximate surface area is 132 Å². The van der Waals surface area contributed by atoms with Crippen molar-refractivity contribution < 1.29 is 9.53 Å². The second kappa shape index (κ2) is 6.16. The molecule has 0 bridgehead atoms. The first kappa shape index (κ1) is 14.5. The number of halogens is 1. The lowest BCUT2D eigenvalue weighted by atomic mass is 9.98. The maximum atomic E-state index is 12.5. The molecule has 0 aliphatic carbocycles. The molecule has 0 saturated carbocycles. The van der Waals surface area contributed by atoms with E-state index < -0.39 is 0 Å². The van der Waals surface area contributed by atoms with Gasteiger partial charge in [-0.15, -0.1) is 0 Å². The van der Waals surface area contributed by atoms with Crippen molar-refractivity contribution in [2.24, 2.45) is 5.92 Å². The van der Waals surface area contributed by atoms with Crippen LogP contribution in [0.25, 0.3) is 10.8 Å². The minimum Gasteiger partial charge on any atom is -0.381 e. The number of benzene rings is 2. The van der Waals surface area contributed by atoms with Gasteiger partial charge in [-0.2, -0.15) is 0 Å². The van der Waals surface area contributed by atoms with Gasteiger partial charge in [0, 0.05) is 29.0 Å². The van der Waals surface area contributed by atoms with Crippen LogP contribution >= 0.6 is 15.9 Å². The number of anilines is 1. The fourth-order valence-electron chi connectivity index (χ4n) is 2.81. The molecule has 1 aliphatic heterocycles. The fourth-order valence-corrected chi connectivity index (χ4v) is 3.50. The predicted octanol–water partition coefficient (Wildman–Crippen LogP) is 4.28. The highest BCUT2D eigenvalue weighted by atomic mass is 79.9. The minimum absolute atomic E-state index is 0.0561. The van der Waals surface area contributed by atoms with Gasteiger partial charge in [0.05, 0.1) is 5.69 Å². The van der Waals surface area contributed by atoms with Crippen LogP contribution in [0.1, 0.15) is 18.4 Å². The predicted molar refractivity (Wildman–Crippen MR) is 88.6 cm³/mol. The van der Waals surface area contributed by atoms with Gasteiger partial charge in [0.25, 0.3) is 0 Å². The topological polar surface area (TPSA) is 38.3 Å². The molecule has 110 valence electrons. The van der Waals surface area contributed by atoms with Crippen molar-refractivity contribution in [1.29, 1.82) is 0 Å². The second-order valence-corrected chi connectivity index (χ2v) is 6.33. The van der Waals surface area contributed by atoms with E-state index in [1.807, 2.05) is 25.1 Å². The molecule has 0 aromatic heterocycles. The molecule has 3 nitrogen and oxygen atoms in total.